The molecule has 1 aliphatic carbocycles. The van der Waals surface area contributed by atoms with E-state index in [4.69, 9.17) is 34.8 Å². The Balaban J connectivity index is 0.000000219. The number of aromatic nitrogens is 5. The van der Waals surface area contributed by atoms with Crippen molar-refractivity contribution in [3.63, 3.8) is 0 Å². The molecule has 0 unspecified atom stereocenters. The van der Waals surface area contributed by atoms with Gasteiger partial charge in [0.05, 0.1) is 36.4 Å². The predicted molar refractivity (Wildman–Crippen MR) is 276 cm³/mol. The zero-order valence-electron chi connectivity index (χ0n) is 39.8. The van der Waals surface area contributed by atoms with Gasteiger partial charge in [-0.05, 0) is 68.1 Å². The highest BCUT2D eigenvalue weighted by molar-refractivity contribution is 7.92. The van der Waals surface area contributed by atoms with Crippen LogP contribution in [-0.4, -0.2) is 89.3 Å². The standard InChI is InChI=1S/C13H12N2O4S.C11H15ClN2O4S.C10H6ClN3O4S.C10H11ClN2O4S/c1-10-7-8-12(15(16)17)13(14-10)20(18,19)9-11-5-3-2-4-6-11;1-2-3-4-5-8-19(17,18)11-9(14(15)16)6-7-10(12)13-11;11-8-5-4-7(14(15)16)10(13-8)19(17,18)9-3-1-2-6-12-9;11-9-6-5-8(13(14)15)10(12-9)18(16,17)7-3-1-2-4-7/h2-8H,9H2,1H3;6-7H,2-5,8H2,1H3;1-6H;5-7H,1-4H2. The van der Waals surface area contributed by atoms with Gasteiger partial charge in [0.25, 0.3) is 0 Å². The van der Waals surface area contributed by atoms with Gasteiger partial charge in [0.15, 0.2) is 5.03 Å². The number of halogens is 3. The van der Waals surface area contributed by atoms with Crippen molar-refractivity contribution < 1.29 is 53.4 Å². The van der Waals surface area contributed by atoms with Gasteiger partial charge in [-0.2, -0.15) is 0 Å². The molecule has 7 rings (SSSR count). The Morgan fingerprint density at radius 3 is 1.46 bits per heavy atom. The summed E-state index contributed by atoms with van der Waals surface area (Å²) in [5, 5.41) is 40.0. The zero-order chi connectivity index (χ0) is 56.6. The molecule has 5 aromatic heterocycles. The lowest BCUT2D eigenvalue weighted by Gasteiger charge is -2.10. The second-order valence-electron chi connectivity index (χ2n) is 15.9. The molecular formula is C44H44Cl3N9O16S4. The fourth-order valence-electron chi connectivity index (χ4n) is 6.82. The summed E-state index contributed by atoms with van der Waals surface area (Å²) in [7, 11) is -15.6. The number of benzene rings is 1. The van der Waals surface area contributed by atoms with Crippen molar-refractivity contribution in [3.05, 3.63) is 170 Å². The fraction of sp³-hybridized carbons (Fsp3) is 0.295. The highest BCUT2D eigenvalue weighted by Crippen LogP contribution is 2.34. The topological polar surface area (TPSA) is 374 Å². The van der Waals surface area contributed by atoms with Crippen molar-refractivity contribution in [1.29, 1.82) is 0 Å². The summed E-state index contributed by atoms with van der Waals surface area (Å²) in [6.07, 6.45) is 7.09. The first-order valence-corrected chi connectivity index (χ1v) is 29.5. The Morgan fingerprint density at radius 1 is 0.526 bits per heavy atom. The Labute approximate surface area is 450 Å². The third-order valence-corrected chi connectivity index (χ3v) is 18.2. The summed E-state index contributed by atoms with van der Waals surface area (Å²) in [4.78, 5) is 58.7. The maximum atomic E-state index is 12.3. The summed E-state index contributed by atoms with van der Waals surface area (Å²) < 4.78 is 97.7. The number of nitro groups is 4. The molecule has 1 aliphatic rings. The molecule has 0 amide bonds. The molecule has 76 heavy (non-hydrogen) atoms. The van der Waals surface area contributed by atoms with E-state index < -0.39 is 107 Å². The Kier molecular flexibility index (Phi) is 22.2. The van der Waals surface area contributed by atoms with E-state index in [0.29, 0.717) is 30.5 Å². The molecule has 406 valence electrons. The lowest BCUT2D eigenvalue weighted by atomic mass is 10.2. The molecule has 0 bridgehead atoms. The van der Waals surface area contributed by atoms with Crippen molar-refractivity contribution in [2.45, 2.75) is 101 Å². The molecule has 0 N–H and O–H groups in total. The summed E-state index contributed by atoms with van der Waals surface area (Å²) in [6.45, 7) is 3.60. The molecule has 25 nitrogen and oxygen atoms in total. The van der Waals surface area contributed by atoms with E-state index in [9.17, 15) is 74.1 Å². The quantitative estimate of drug-likeness (QED) is 0.0355. The van der Waals surface area contributed by atoms with E-state index in [1.807, 2.05) is 6.92 Å². The van der Waals surface area contributed by atoms with Crippen molar-refractivity contribution >= 4 is 96.9 Å². The summed E-state index contributed by atoms with van der Waals surface area (Å²) in [6, 6.07) is 22.0. The minimum atomic E-state index is -4.19. The molecule has 0 atom stereocenters. The van der Waals surface area contributed by atoms with Crippen molar-refractivity contribution in [2.24, 2.45) is 0 Å². The van der Waals surface area contributed by atoms with Gasteiger partial charge in [0.1, 0.15) is 15.5 Å². The van der Waals surface area contributed by atoms with Crippen LogP contribution in [0.4, 0.5) is 22.7 Å². The second kappa shape index (κ2) is 27.3. The van der Waals surface area contributed by atoms with Crippen LogP contribution in [0.15, 0.2) is 128 Å². The number of aryl methyl sites for hydroxylation is 1. The van der Waals surface area contributed by atoms with Crippen LogP contribution in [-0.2, 0) is 45.1 Å². The molecule has 1 fully saturated rings. The number of sulfone groups is 4. The lowest BCUT2D eigenvalue weighted by Crippen LogP contribution is -2.20. The molecule has 0 saturated heterocycles. The van der Waals surface area contributed by atoms with Gasteiger partial charge >= 0.3 is 22.7 Å². The number of rotatable bonds is 17. The highest BCUT2D eigenvalue weighted by Gasteiger charge is 2.37. The Bertz CT molecular complexity index is 3550. The molecule has 5 heterocycles. The van der Waals surface area contributed by atoms with Crippen molar-refractivity contribution in [3.8, 4) is 0 Å². The van der Waals surface area contributed by atoms with E-state index in [0.717, 1.165) is 56.4 Å². The van der Waals surface area contributed by atoms with Gasteiger partial charge in [-0.1, -0.05) is 110 Å². The average molecular weight is 1190 g/mol. The molecule has 1 saturated carbocycles. The van der Waals surface area contributed by atoms with Gasteiger partial charge in [0.2, 0.25) is 59.5 Å². The van der Waals surface area contributed by atoms with Crippen molar-refractivity contribution in [2.75, 3.05) is 5.75 Å². The van der Waals surface area contributed by atoms with Crippen LogP contribution in [0.1, 0.15) is 69.5 Å². The van der Waals surface area contributed by atoms with Gasteiger partial charge < -0.3 is 0 Å². The van der Waals surface area contributed by atoms with Gasteiger partial charge in [-0.3, -0.25) is 40.5 Å². The maximum Gasteiger partial charge on any atom is 0.307 e. The van der Waals surface area contributed by atoms with Crippen LogP contribution in [0.2, 0.25) is 15.5 Å². The molecular weight excluding hydrogens is 1150 g/mol. The highest BCUT2D eigenvalue weighted by atomic mass is 35.5. The Hall–Kier alpha value is -6.76. The molecule has 0 aliphatic heterocycles. The smallest absolute Gasteiger partial charge is 0.258 e. The zero-order valence-corrected chi connectivity index (χ0v) is 45.3. The van der Waals surface area contributed by atoms with E-state index in [1.165, 1.54) is 48.7 Å². The molecule has 32 heteroatoms. The number of hydrogen-bond donors (Lipinski definition) is 0. The fourth-order valence-corrected chi connectivity index (χ4v) is 13.6. The SMILES string of the molecule is CCCCCCS(=O)(=O)c1nc(Cl)ccc1[N+](=O)[O-].Cc1ccc([N+](=O)[O-])c(S(=O)(=O)Cc2ccccc2)n1.O=[N+]([O-])c1ccc(Cl)nc1S(=O)(=O)C1CCCC1.O=[N+]([O-])c1ccc(Cl)nc1S(=O)(=O)c1ccccn1. The summed E-state index contributed by atoms with van der Waals surface area (Å²) in [5.41, 5.74) is -1.19. The third-order valence-electron chi connectivity index (χ3n) is 10.4. The first-order valence-electron chi connectivity index (χ1n) is 22.1. The van der Waals surface area contributed by atoms with Crippen LogP contribution in [0.25, 0.3) is 0 Å². The van der Waals surface area contributed by atoms with Gasteiger partial charge in [0, 0.05) is 36.2 Å². The average Bonchev–Trinajstić information content (AvgIpc) is 3.93. The largest absolute Gasteiger partial charge is 0.307 e. The van der Waals surface area contributed by atoms with E-state index in [-0.39, 0.29) is 32.0 Å². The van der Waals surface area contributed by atoms with Crippen LogP contribution < -0.4 is 0 Å². The molecule has 0 spiro atoms. The lowest BCUT2D eigenvalue weighted by molar-refractivity contribution is -0.388. The molecule has 0 radical (unpaired) electrons. The summed E-state index contributed by atoms with van der Waals surface area (Å²) >= 11 is 16.8. The number of pyridine rings is 5. The van der Waals surface area contributed by atoms with Crippen molar-refractivity contribution in [1.82, 2.24) is 24.9 Å². The van der Waals surface area contributed by atoms with E-state index in [1.54, 1.807) is 37.3 Å². The van der Waals surface area contributed by atoms with Crippen LogP contribution in [0.3, 0.4) is 0 Å². The van der Waals surface area contributed by atoms with Gasteiger partial charge in [-0.25, -0.2) is 58.6 Å². The number of unbranched alkanes of at least 4 members (excludes halogenated alkanes) is 3. The number of hydrogen-bond acceptors (Lipinski definition) is 21. The van der Waals surface area contributed by atoms with E-state index >= 15 is 0 Å². The first-order chi connectivity index (χ1) is 35.6. The van der Waals surface area contributed by atoms with Crippen LogP contribution in [0.5, 0.6) is 0 Å². The Morgan fingerprint density at radius 2 is 0.974 bits per heavy atom. The van der Waals surface area contributed by atoms with E-state index in [2.05, 4.69) is 24.9 Å². The van der Waals surface area contributed by atoms with Crippen LogP contribution in [0, 0.1) is 47.4 Å². The third kappa shape index (κ3) is 16.9. The maximum absolute atomic E-state index is 12.3. The second-order valence-corrected chi connectivity index (χ2v) is 25.0. The molecule has 6 aromatic rings. The first kappa shape index (κ1) is 61.8. The predicted octanol–water partition coefficient (Wildman–Crippen LogP) is 9.50. The monoisotopic (exact) mass is 1190 g/mol. The minimum absolute atomic E-state index is 0.0582. The number of nitrogens with zero attached hydrogens (tertiary/aromatic N) is 9. The van der Waals surface area contributed by atoms with Gasteiger partial charge in [-0.15, -0.1) is 0 Å². The minimum Gasteiger partial charge on any atom is -0.258 e. The normalized spacial score (nSPS) is 12.6. The van der Waals surface area contributed by atoms with Crippen LogP contribution >= 0.6 is 34.8 Å². The molecule has 1 aromatic carbocycles. The summed E-state index contributed by atoms with van der Waals surface area (Å²) in [5.74, 6) is -0.466.